The van der Waals surface area contributed by atoms with Crippen LogP contribution in [0.3, 0.4) is 0 Å². The Hall–Kier alpha value is -7.74. The SMILES string of the molecule is CCCC1(CCC)c2cc3ccc2-c2ccc(cc21)S(=O)(=O)c1nnc(c2c1CCC2)S(=O)(=O)c1ccc2c(c1)C(CCC)(CCC)c1cc(ccc1-2)S(=O)(=O)c1nnc(c2c1CCC2)S(=O)(=O)c1ccc2c(c1)C(CCC)(CCC)c1cc(ccc1-2)S(=O)(=O)c1nnc(c2c1CCC2)S3(=O)=O. The van der Waals surface area contributed by atoms with Gasteiger partial charge in [-0.25, -0.2) is 50.5 Å². The van der Waals surface area contributed by atoms with Crippen LogP contribution in [0.5, 0.6) is 0 Å². The summed E-state index contributed by atoms with van der Waals surface area (Å²) < 4.78 is 185. The number of nitrogens with zero attached hydrogens (tertiary/aromatic N) is 6. The van der Waals surface area contributed by atoms with Crippen molar-refractivity contribution in [3.63, 3.8) is 0 Å². The summed E-state index contributed by atoms with van der Waals surface area (Å²) in [5.41, 5.74) is 7.62. The van der Waals surface area contributed by atoms with E-state index in [2.05, 4.69) is 30.6 Å². The third kappa shape index (κ3) is 9.58. The topological polar surface area (TPSA) is 282 Å². The quantitative estimate of drug-likeness (QED) is 0.110. The van der Waals surface area contributed by atoms with Crippen LogP contribution in [0.2, 0.25) is 0 Å². The summed E-state index contributed by atoms with van der Waals surface area (Å²) >= 11 is 0. The molecule has 528 valence electrons. The molecule has 0 saturated carbocycles. The van der Waals surface area contributed by atoms with Gasteiger partial charge >= 0.3 is 0 Å². The van der Waals surface area contributed by atoms with Gasteiger partial charge in [0.25, 0.3) is 0 Å². The average molecular weight is 1480 g/mol. The predicted octanol–water partition coefficient (Wildman–Crippen LogP) is 14.4. The molecule has 1 aliphatic heterocycles. The van der Waals surface area contributed by atoms with Crippen molar-refractivity contribution in [1.82, 2.24) is 30.6 Å². The highest BCUT2D eigenvalue weighted by molar-refractivity contribution is 7.93. The maximum Gasteiger partial charge on any atom is 0.225 e. The normalized spacial score (nSPS) is 19.6. The Morgan fingerprint density at radius 3 is 0.529 bits per heavy atom. The van der Waals surface area contributed by atoms with Gasteiger partial charge in [0.2, 0.25) is 59.0 Å². The first kappa shape index (κ1) is 68.7. The molecule has 7 aliphatic rings. The fraction of sp³-hybridized carbons (Fsp3) is 0.385. The molecule has 24 heteroatoms. The molecule has 16 rings (SSSR count). The number of fused-ring (bicyclic) bond motifs is 27. The predicted molar refractivity (Wildman–Crippen MR) is 382 cm³/mol. The summed E-state index contributed by atoms with van der Waals surface area (Å²) in [6.07, 6.45) is 9.63. The van der Waals surface area contributed by atoms with Gasteiger partial charge in [-0.1, -0.05) is 116 Å². The van der Waals surface area contributed by atoms with E-state index in [4.69, 9.17) is 0 Å². The third-order valence-corrected chi connectivity index (χ3v) is 33.5. The average Bonchev–Trinajstić information content (AvgIpc) is 1.54. The van der Waals surface area contributed by atoms with E-state index >= 15 is 50.5 Å². The fourth-order valence-electron chi connectivity index (χ4n) is 19.2. The highest BCUT2D eigenvalue weighted by Gasteiger charge is 2.49. The molecule has 102 heavy (non-hydrogen) atoms. The summed E-state index contributed by atoms with van der Waals surface area (Å²) in [4.78, 5) is -0.443. The highest BCUT2D eigenvalue weighted by Crippen LogP contribution is 2.59. The number of hydrogen-bond donors (Lipinski definition) is 0. The van der Waals surface area contributed by atoms with E-state index in [-0.39, 0.29) is 131 Å². The Balaban J connectivity index is 0.888. The first-order valence-electron chi connectivity index (χ1n) is 35.8. The van der Waals surface area contributed by atoms with Gasteiger partial charge in [-0.3, -0.25) is 0 Å². The lowest BCUT2D eigenvalue weighted by atomic mass is 9.71. The maximum absolute atomic E-state index is 15.4. The third-order valence-electron chi connectivity index (χ3n) is 23.3. The Bertz CT molecular complexity index is 4990. The molecule has 0 atom stereocenters. The number of hydrogen-bond acceptors (Lipinski definition) is 18. The van der Waals surface area contributed by atoms with Gasteiger partial charge in [0.15, 0.2) is 30.2 Å². The zero-order valence-corrected chi connectivity index (χ0v) is 62.7. The molecule has 3 aromatic heterocycles. The lowest BCUT2D eigenvalue weighted by Gasteiger charge is -2.32. The first-order chi connectivity index (χ1) is 48.8. The van der Waals surface area contributed by atoms with E-state index in [9.17, 15) is 0 Å². The lowest BCUT2D eigenvalue weighted by molar-refractivity contribution is 0.434. The minimum atomic E-state index is -4.51. The molecular formula is C78H78N6O12S6. The van der Waals surface area contributed by atoms with E-state index in [1.165, 1.54) is 36.4 Å². The van der Waals surface area contributed by atoms with Crippen LogP contribution < -0.4 is 0 Å². The van der Waals surface area contributed by atoms with Gasteiger partial charge in [0, 0.05) is 16.2 Å². The van der Waals surface area contributed by atoms with Crippen molar-refractivity contribution in [1.29, 1.82) is 0 Å². The second-order valence-electron chi connectivity index (χ2n) is 28.9. The molecule has 0 radical (unpaired) electrons. The van der Waals surface area contributed by atoms with Crippen LogP contribution in [0, 0.1) is 0 Å². The monoisotopic (exact) mass is 1480 g/mol. The molecule has 0 amide bonds. The van der Waals surface area contributed by atoms with Crippen LogP contribution in [0.15, 0.2) is 169 Å². The first-order valence-corrected chi connectivity index (χ1v) is 44.7. The van der Waals surface area contributed by atoms with Gasteiger partial charge in [0.1, 0.15) is 0 Å². The summed E-state index contributed by atoms with van der Waals surface area (Å²) in [6, 6.07) is 29.6. The minimum Gasteiger partial charge on any atom is -0.217 e. The molecule has 0 unspecified atom stereocenters. The van der Waals surface area contributed by atoms with Crippen molar-refractivity contribution < 1.29 is 50.5 Å². The van der Waals surface area contributed by atoms with E-state index in [1.807, 2.05) is 41.5 Å². The summed E-state index contributed by atoms with van der Waals surface area (Å²) in [5.74, 6) is 0. The van der Waals surface area contributed by atoms with Crippen LogP contribution in [0.4, 0.5) is 0 Å². The van der Waals surface area contributed by atoms with Crippen LogP contribution in [0.1, 0.15) is 205 Å². The Kier molecular flexibility index (Phi) is 16.3. The summed E-state index contributed by atoms with van der Waals surface area (Å²) in [7, 11) is -27.1. The molecule has 18 bridgehead atoms. The standard InChI is InChI=1S/C78H78N6O12S6/c1-7-34-76(35-8-2)64-40-46-22-28-52(64)53-29-23-47(41-65(53)76)98(87,88)71-59-17-14-19-61(59)73(82-80-71)100(91,92)49-25-31-55-57-33-27-51(45-69(57)78(38-11-5,39-12-6)67(55)43-49)102(95,96)75-63-21-15-20-62(63)74(83-84-75)101(93,94)50-26-32-56-54-30-24-48(42-66(54)77(36-9-3,37-10-4)68(56)44-50)99(89,90)72-60-18-13-16-58(60)70(79-81-72)97(46,85)86/h22-33,40-45H,7-21,34-39H2,1-6H3. The van der Waals surface area contributed by atoms with Crippen LogP contribution >= 0.6 is 0 Å². The smallest absolute Gasteiger partial charge is 0.217 e. The van der Waals surface area contributed by atoms with Crippen molar-refractivity contribution >= 4 is 59.0 Å². The largest absolute Gasteiger partial charge is 0.225 e. The molecule has 0 spiro atoms. The van der Waals surface area contributed by atoms with Crippen molar-refractivity contribution in [2.45, 2.75) is 252 Å². The molecule has 9 aromatic rings. The van der Waals surface area contributed by atoms with E-state index in [0.717, 1.165) is 33.4 Å². The summed E-state index contributed by atoms with van der Waals surface area (Å²) in [5, 5.41) is 24.1. The van der Waals surface area contributed by atoms with Crippen LogP contribution in [0.25, 0.3) is 33.4 Å². The van der Waals surface area contributed by atoms with Gasteiger partial charge in [-0.05, 0) is 269 Å². The second-order valence-corrected chi connectivity index (χ2v) is 40.1. The number of benzene rings is 6. The maximum atomic E-state index is 15.4. The number of sulfone groups is 6. The summed E-state index contributed by atoms with van der Waals surface area (Å²) in [6.45, 7) is 12.1. The molecule has 4 heterocycles. The number of rotatable bonds is 12. The van der Waals surface area contributed by atoms with Crippen molar-refractivity contribution in [2.24, 2.45) is 0 Å². The Labute approximate surface area is 597 Å². The fourth-order valence-corrected chi connectivity index (χ4v) is 27.8. The number of aromatic nitrogens is 6. The van der Waals surface area contributed by atoms with Gasteiger partial charge in [0.05, 0.1) is 29.4 Å². The molecular weight excluding hydrogens is 1410 g/mol. The molecule has 0 saturated heterocycles. The molecule has 18 nitrogen and oxygen atoms in total. The molecule has 0 fully saturated rings. The van der Waals surface area contributed by atoms with Crippen LogP contribution in [-0.4, -0.2) is 81.1 Å². The van der Waals surface area contributed by atoms with Crippen molar-refractivity contribution in [3.8, 4) is 33.4 Å². The van der Waals surface area contributed by atoms with E-state index < -0.39 is 75.3 Å². The molecule has 6 aliphatic carbocycles. The lowest BCUT2D eigenvalue weighted by Crippen LogP contribution is -2.26. The van der Waals surface area contributed by atoms with Gasteiger partial charge in [-0.15, -0.1) is 30.6 Å². The Morgan fingerprint density at radius 2 is 0.392 bits per heavy atom. The van der Waals surface area contributed by atoms with E-state index in [1.54, 1.807) is 72.8 Å². The second kappa shape index (κ2) is 24.2. The zero-order chi connectivity index (χ0) is 71.6. The zero-order valence-electron chi connectivity index (χ0n) is 57.8. The molecule has 6 aromatic carbocycles. The Morgan fingerprint density at radius 1 is 0.245 bits per heavy atom. The van der Waals surface area contributed by atoms with Crippen molar-refractivity contribution in [2.75, 3.05) is 0 Å². The van der Waals surface area contributed by atoms with E-state index in [0.29, 0.717) is 130 Å². The highest BCUT2D eigenvalue weighted by atomic mass is 32.2. The van der Waals surface area contributed by atoms with Gasteiger partial charge in [-0.2, -0.15) is 0 Å². The molecule has 0 N–H and O–H groups in total. The van der Waals surface area contributed by atoms with Gasteiger partial charge < -0.3 is 0 Å². The minimum absolute atomic E-state index is 0.0738. The van der Waals surface area contributed by atoms with Crippen LogP contribution in [-0.2, 0) is 114 Å². The van der Waals surface area contributed by atoms with Crippen molar-refractivity contribution in [3.05, 3.63) is 176 Å².